The van der Waals surface area contributed by atoms with Gasteiger partial charge < -0.3 is 0 Å². The van der Waals surface area contributed by atoms with Crippen LogP contribution in [0.4, 0.5) is 0 Å². The first-order valence-corrected chi connectivity index (χ1v) is 6.11. The summed E-state index contributed by atoms with van der Waals surface area (Å²) in [6.07, 6.45) is 2.64. The highest BCUT2D eigenvalue weighted by atomic mass is 32.3. The van der Waals surface area contributed by atoms with E-state index in [1.54, 1.807) is 0 Å². The second kappa shape index (κ2) is 9.30. The molecule has 0 radical (unpaired) electrons. The van der Waals surface area contributed by atoms with Crippen LogP contribution in [-0.2, 0) is 20.8 Å². The van der Waals surface area contributed by atoms with Gasteiger partial charge in [0.15, 0.2) is 0 Å². The normalized spacial score (nSPS) is 10.4. The number of rotatable bonds is 1. The summed E-state index contributed by atoms with van der Waals surface area (Å²) < 4.78 is 63.2. The summed E-state index contributed by atoms with van der Waals surface area (Å²) in [5.41, 5.74) is 0. The van der Waals surface area contributed by atoms with Gasteiger partial charge in [-0.25, -0.2) is 0 Å². The van der Waals surface area contributed by atoms with Crippen LogP contribution in [0, 0.1) is 0 Å². The molecule has 0 aromatic rings. The lowest BCUT2D eigenvalue weighted by atomic mass is 10.4. The van der Waals surface area contributed by atoms with Crippen molar-refractivity contribution in [3.05, 3.63) is 0 Å². The van der Waals surface area contributed by atoms with E-state index >= 15 is 0 Å². The quantitative estimate of drug-likeness (QED) is 0.494. The third kappa shape index (κ3) is 2470. The van der Waals surface area contributed by atoms with Gasteiger partial charge in [-0.2, -0.15) is 16.8 Å². The van der Waals surface area contributed by atoms with Crippen LogP contribution in [-0.4, -0.2) is 35.0 Å². The van der Waals surface area contributed by atoms with E-state index in [0.717, 1.165) is 0 Å². The van der Waals surface area contributed by atoms with Crippen molar-refractivity contribution in [2.45, 2.75) is 26.7 Å². The van der Waals surface area contributed by atoms with E-state index in [1.807, 2.05) is 0 Å². The minimum atomic E-state index is -4.67. The van der Waals surface area contributed by atoms with Crippen LogP contribution in [0.2, 0.25) is 0 Å². The van der Waals surface area contributed by atoms with Gasteiger partial charge in [0.25, 0.3) is 0 Å². The molecule has 10 heteroatoms. The zero-order valence-corrected chi connectivity index (χ0v) is 9.29. The molecule has 0 aromatic heterocycles. The molecule has 0 amide bonds. The number of hydrogen-bond donors (Lipinski definition) is 4. The van der Waals surface area contributed by atoms with Gasteiger partial charge in [0.05, 0.1) is 0 Å². The maximum Gasteiger partial charge on any atom is 0.394 e. The predicted octanol–water partition coefficient (Wildman–Crippen LogP) is 0.501. The molecule has 0 saturated heterocycles. The Kier molecular flexibility index (Phi) is 12.8. The first-order chi connectivity index (χ1) is 5.91. The zero-order valence-electron chi connectivity index (χ0n) is 7.65. The van der Waals surface area contributed by atoms with Gasteiger partial charge in [0, 0.05) is 0 Å². The van der Waals surface area contributed by atoms with Gasteiger partial charge >= 0.3 is 20.8 Å². The Balaban J connectivity index is -0.000000131. The lowest BCUT2D eigenvalue weighted by Crippen LogP contribution is -1.89. The average Bonchev–Trinajstić information content (AvgIpc) is 1.79. The Bertz CT molecular complexity index is 239. The highest BCUT2D eigenvalue weighted by molar-refractivity contribution is 7.80. The minimum absolute atomic E-state index is 1.32. The van der Waals surface area contributed by atoms with Crippen LogP contribution < -0.4 is 0 Å². The second-order valence-electron chi connectivity index (χ2n) is 1.90. The Morgan fingerprint density at radius 3 is 0.786 bits per heavy atom. The summed E-state index contributed by atoms with van der Waals surface area (Å²) in [5.74, 6) is 0. The molecule has 0 aromatic carbocycles. The van der Waals surface area contributed by atoms with E-state index in [1.165, 1.54) is 12.8 Å². The second-order valence-corrected chi connectivity index (χ2v) is 3.69. The fraction of sp³-hybridized carbons (Fsp3) is 1.00. The molecule has 0 aliphatic heterocycles. The molecule has 4 N–H and O–H groups in total. The molecule has 0 atom stereocenters. The van der Waals surface area contributed by atoms with E-state index in [0.29, 0.717) is 0 Å². The molecule has 0 aliphatic rings. The van der Waals surface area contributed by atoms with Gasteiger partial charge in [-0.3, -0.25) is 18.2 Å². The van der Waals surface area contributed by atoms with Crippen LogP contribution in [0.3, 0.4) is 0 Å². The summed E-state index contributed by atoms with van der Waals surface area (Å²) >= 11 is 0. The van der Waals surface area contributed by atoms with Crippen molar-refractivity contribution in [3.8, 4) is 0 Å². The Morgan fingerprint density at radius 2 is 0.786 bits per heavy atom. The Hall–Kier alpha value is -0.260. The van der Waals surface area contributed by atoms with Gasteiger partial charge in [-0.15, -0.1) is 0 Å². The van der Waals surface area contributed by atoms with Crippen molar-refractivity contribution in [2.75, 3.05) is 0 Å². The maximum atomic E-state index is 8.74. The maximum absolute atomic E-state index is 8.74. The van der Waals surface area contributed by atoms with Crippen molar-refractivity contribution in [1.29, 1.82) is 0 Å². The smallest absolute Gasteiger partial charge is 0.264 e. The summed E-state index contributed by atoms with van der Waals surface area (Å²) in [6.45, 7) is 4.36. The molecule has 0 rings (SSSR count). The molecule has 14 heavy (non-hydrogen) atoms. The Labute approximate surface area is 83.1 Å². The monoisotopic (exact) mass is 254 g/mol. The van der Waals surface area contributed by atoms with E-state index in [2.05, 4.69) is 13.8 Å². The van der Waals surface area contributed by atoms with E-state index in [-0.39, 0.29) is 0 Å². The van der Waals surface area contributed by atoms with Crippen LogP contribution in [0.25, 0.3) is 0 Å². The molecule has 0 aliphatic carbocycles. The SMILES string of the molecule is CCCC.O=S(=O)(O)O.O=S(=O)(O)O. The molecule has 8 nitrogen and oxygen atoms in total. The van der Waals surface area contributed by atoms with Gasteiger partial charge in [0.2, 0.25) is 0 Å². The van der Waals surface area contributed by atoms with Crippen LogP contribution in [0.5, 0.6) is 0 Å². The van der Waals surface area contributed by atoms with Gasteiger partial charge in [-0.1, -0.05) is 26.7 Å². The summed E-state index contributed by atoms with van der Waals surface area (Å²) in [4.78, 5) is 0. The summed E-state index contributed by atoms with van der Waals surface area (Å²) in [6, 6.07) is 0. The molecule has 0 heterocycles. The molecule has 0 saturated carbocycles. The van der Waals surface area contributed by atoms with Crippen molar-refractivity contribution in [1.82, 2.24) is 0 Å². The summed E-state index contributed by atoms with van der Waals surface area (Å²) in [7, 11) is -9.33. The fourth-order valence-electron chi connectivity index (χ4n) is 0. The lowest BCUT2D eigenvalue weighted by Gasteiger charge is -1.68. The van der Waals surface area contributed by atoms with Crippen LogP contribution in [0.15, 0.2) is 0 Å². The fourth-order valence-corrected chi connectivity index (χ4v) is 0. The molecule has 0 fully saturated rings. The minimum Gasteiger partial charge on any atom is -0.264 e. The lowest BCUT2D eigenvalue weighted by molar-refractivity contribution is 0.378. The van der Waals surface area contributed by atoms with E-state index in [9.17, 15) is 0 Å². The number of hydrogen-bond acceptors (Lipinski definition) is 4. The Morgan fingerprint density at radius 1 is 0.714 bits per heavy atom. The molecule has 0 spiro atoms. The first kappa shape index (κ1) is 19.3. The molecule has 90 valence electrons. The highest BCUT2D eigenvalue weighted by Crippen LogP contribution is 1.76. The summed E-state index contributed by atoms with van der Waals surface area (Å²) in [5, 5.41) is 0. The van der Waals surface area contributed by atoms with Crippen molar-refractivity contribution in [2.24, 2.45) is 0 Å². The van der Waals surface area contributed by atoms with Gasteiger partial charge in [-0.05, 0) is 0 Å². The largest absolute Gasteiger partial charge is 0.394 e. The average molecular weight is 254 g/mol. The highest BCUT2D eigenvalue weighted by Gasteiger charge is 1.85. The zero-order chi connectivity index (χ0) is 12.4. The molecular weight excluding hydrogens is 240 g/mol. The van der Waals surface area contributed by atoms with Crippen LogP contribution >= 0.6 is 0 Å². The topological polar surface area (TPSA) is 149 Å². The standard InChI is InChI=1S/C4H10.2H2O4S/c1-3-4-2;2*1-5(2,3)4/h3-4H2,1-2H3;2*(H2,1,2,3,4). The van der Waals surface area contributed by atoms with Gasteiger partial charge in [0.1, 0.15) is 0 Å². The van der Waals surface area contributed by atoms with Crippen molar-refractivity contribution < 1.29 is 35.0 Å². The predicted molar refractivity (Wildman–Crippen MR) is 48.9 cm³/mol. The van der Waals surface area contributed by atoms with Crippen molar-refractivity contribution >= 4 is 20.8 Å². The van der Waals surface area contributed by atoms with Crippen LogP contribution in [0.1, 0.15) is 26.7 Å². The third-order valence-electron chi connectivity index (χ3n) is 0.500. The first-order valence-electron chi connectivity index (χ1n) is 3.31. The molecular formula is C4H14O8S2. The van der Waals surface area contributed by atoms with E-state index < -0.39 is 20.8 Å². The number of unbranched alkanes of at least 4 members (excludes halogenated alkanes) is 1. The van der Waals surface area contributed by atoms with Crippen molar-refractivity contribution in [3.63, 3.8) is 0 Å². The molecule has 0 bridgehead atoms. The molecule has 0 unspecified atom stereocenters. The van der Waals surface area contributed by atoms with E-state index in [4.69, 9.17) is 35.0 Å². The third-order valence-corrected chi connectivity index (χ3v) is 0.500.